The van der Waals surface area contributed by atoms with Gasteiger partial charge >= 0.3 is 0 Å². The van der Waals surface area contributed by atoms with Gasteiger partial charge in [-0.05, 0) is 43.3 Å². The lowest BCUT2D eigenvalue weighted by Gasteiger charge is -2.38. The molecule has 1 N–H and O–H groups in total. The van der Waals surface area contributed by atoms with Crippen molar-refractivity contribution in [3.8, 4) is 11.5 Å². The lowest BCUT2D eigenvalue weighted by atomic mass is 10.2. The van der Waals surface area contributed by atoms with Gasteiger partial charge in [0.25, 0.3) is 0 Å². The summed E-state index contributed by atoms with van der Waals surface area (Å²) in [4.78, 5) is 17.2. The number of para-hydroxylation sites is 2. The van der Waals surface area contributed by atoms with Gasteiger partial charge in [0.15, 0.2) is 0 Å². The van der Waals surface area contributed by atoms with E-state index in [-0.39, 0.29) is 11.9 Å². The van der Waals surface area contributed by atoms with Crippen molar-refractivity contribution in [3.05, 3.63) is 48.5 Å². The van der Waals surface area contributed by atoms with E-state index in [0.717, 1.165) is 31.9 Å². The molecular formula is C21H27N3O3. The van der Waals surface area contributed by atoms with Crippen LogP contribution in [0.15, 0.2) is 48.5 Å². The van der Waals surface area contributed by atoms with Gasteiger partial charge in [-0.2, -0.15) is 0 Å². The van der Waals surface area contributed by atoms with Crippen molar-refractivity contribution >= 4 is 17.3 Å². The first-order chi connectivity index (χ1) is 13.1. The summed E-state index contributed by atoms with van der Waals surface area (Å²) in [6.45, 7) is 5.41. The third-order valence-electron chi connectivity index (χ3n) is 5.04. The summed E-state index contributed by atoms with van der Waals surface area (Å²) >= 11 is 0. The van der Waals surface area contributed by atoms with E-state index in [9.17, 15) is 4.79 Å². The van der Waals surface area contributed by atoms with Crippen molar-refractivity contribution in [2.45, 2.75) is 13.0 Å². The normalized spacial score (nSPS) is 15.9. The van der Waals surface area contributed by atoms with E-state index in [1.165, 1.54) is 5.69 Å². The smallest absolute Gasteiger partial charge is 0.241 e. The lowest BCUT2D eigenvalue weighted by molar-refractivity contribution is -0.120. The molecule has 0 bridgehead atoms. The van der Waals surface area contributed by atoms with E-state index in [1.54, 1.807) is 14.2 Å². The fraction of sp³-hybridized carbons (Fsp3) is 0.381. The molecule has 3 rings (SSSR count). The van der Waals surface area contributed by atoms with Crippen LogP contribution in [0.1, 0.15) is 6.92 Å². The molecule has 1 aliphatic heterocycles. The van der Waals surface area contributed by atoms with Crippen LogP contribution in [0.4, 0.5) is 11.4 Å². The standard InChI is InChI=1S/C21H27N3O3/c1-16(21(25)22-19-6-4-5-7-20(19)27-3)23-12-14-24(15-13-23)17-8-10-18(26-2)11-9-17/h4-11,16H,12-15H2,1-3H3,(H,22,25). The second kappa shape index (κ2) is 8.77. The van der Waals surface area contributed by atoms with Gasteiger partial charge in [-0.15, -0.1) is 0 Å². The zero-order valence-electron chi connectivity index (χ0n) is 16.1. The zero-order chi connectivity index (χ0) is 19.2. The number of amides is 1. The minimum absolute atomic E-state index is 0.0163. The van der Waals surface area contributed by atoms with Gasteiger partial charge in [-0.25, -0.2) is 0 Å². The van der Waals surface area contributed by atoms with Crippen molar-refractivity contribution in [1.82, 2.24) is 4.90 Å². The maximum absolute atomic E-state index is 12.7. The fourth-order valence-electron chi connectivity index (χ4n) is 3.31. The van der Waals surface area contributed by atoms with Crippen LogP contribution in [0, 0.1) is 0 Å². The first kappa shape index (κ1) is 19.0. The number of carbonyl (C=O) groups is 1. The number of hydrogen-bond acceptors (Lipinski definition) is 5. The van der Waals surface area contributed by atoms with Crippen LogP contribution in [0.5, 0.6) is 11.5 Å². The van der Waals surface area contributed by atoms with Crippen molar-refractivity contribution in [2.24, 2.45) is 0 Å². The number of ether oxygens (including phenoxy) is 2. The van der Waals surface area contributed by atoms with E-state index in [0.29, 0.717) is 11.4 Å². The number of hydrogen-bond donors (Lipinski definition) is 1. The van der Waals surface area contributed by atoms with Crippen molar-refractivity contribution in [2.75, 3.05) is 50.6 Å². The van der Waals surface area contributed by atoms with Crippen LogP contribution >= 0.6 is 0 Å². The molecule has 1 heterocycles. The predicted molar refractivity (Wildman–Crippen MR) is 108 cm³/mol. The molecule has 1 unspecified atom stereocenters. The number of methoxy groups -OCH3 is 2. The van der Waals surface area contributed by atoms with Gasteiger partial charge in [0.2, 0.25) is 5.91 Å². The molecule has 27 heavy (non-hydrogen) atoms. The molecular weight excluding hydrogens is 342 g/mol. The molecule has 1 aliphatic rings. The number of piperazine rings is 1. The Kier molecular flexibility index (Phi) is 6.19. The highest BCUT2D eigenvalue weighted by Crippen LogP contribution is 2.24. The van der Waals surface area contributed by atoms with Gasteiger partial charge in [-0.1, -0.05) is 12.1 Å². The monoisotopic (exact) mass is 369 g/mol. The molecule has 1 fully saturated rings. The minimum atomic E-state index is -0.201. The molecule has 0 aliphatic carbocycles. The van der Waals surface area contributed by atoms with E-state index < -0.39 is 0 Å². The summed E-state index contributed by atoms with van der Waals surface area (Å²) in [5.74, 6) is 1.51. The first-order valence-electron chi connectivity index (χ1n) is 9.19. The Hall–Kier alpha value is -2.73. The van der Waals surface area contributed by atoms with Gasteiger partial charge in [0.05, 0.1) is 25.9 Å². The fourth-order valence-corrected chi connectivity index (χ4v) is 3.31. The molecule has 0 radical (unpaired) electrons. The van der Waals surface area contributed by atoms with Crippen molar-refractivity contribution in [1.29, 1.82) is 0 Å². The summed E-state index contributed by atoms with van der Waals surface area (Å²) < 4.78 is 10.5. The van der Waals surface area contributed by atoms with Gasteiger partial charge < -0.3 is 19.7 Å². The maximum atomic E-state index is 12.7. The number of rotatable bonds is 6. The molecule has 1 saturated heterocycles. The molecule has 0 spiro atoms. The third-order valence-corrected chi connectivity index (χ3v) is 5.04. The van der Waals surface area contributed by atoms with Crippen LogP contribution < -0.4 is 19.7 Å². The van der Waals surface area contributed by atoms with Gasteiger partial charge in [-0.3, -0.25) is 9.69 Å². The highest BCUT2D eigenvalue weighted by atomic mass is 16.5. The number of anilines is 2. The number of nitrogens with zero attached hydrogens (tertiary/aromatic N) is 2. The molecule has 6 nitrogen and oxygen atoms in total. The topological polar surface area (TPSA) is 54.0 Å². The predicted octanol–water partition coefficient (Wildman–Crippen LogP) is 2.85. The Morgan fingerprint density at radius 1 is 0.963 bits per heavy atom. The second-order valence-corrected chi connectivity index (χ2v) is 6.59. The first-order valence-corrected chi connectivity index (χ1v) is 9.19. The van der Waals surface area contributed by atoms with E-state index >= 15 is 0 Å². The Bertz CT molecular complexity index is 756. The summed E-state index contributed by atoms with van der Waals surface area (Å²) in [5, 5.41) is 2.98. The Labute approximate surface area is 160 Å². The lowest BCUT2D eigenvalue weighted by Crippen LogP contribution is -2.52. The van der Waals surface area contributed by atoms with Crippen molar-refractivity contribution in [3.63, 3.8) is 0 Å². The van der Waals surface area contributed by atoms with Crippen LogP contribution in [0.3, 0.4) is 0 Å². The highest BCUT2D eigenvalue weighted by molar-refractivity contribution is 5.95. The summed E-state index contributed by atoms with van der Waals surface area (Å²) in [6, 6.07) is 15.4. The molecule has 0 aromatic heterocycles. The van der Waals surface area contributed by atoms with E-state index in [2.05, 4.69) is 27.2 Å². The van der Waals surface area contributed by atoms with Gasteiger partial charge in [0, 0.05) is 31.9 Å². The molecule has 1 atom stereocenters. The Morgan fingerprint density at radius 3 is 2.26 bits per heavy atom. The Morgan fingerprint density at radius 2 is 1.63 bits per heavy atom. The number of carbonyl (C=O) groups excluding carboxylic acids is 1. The van der Waals surface area contributed by atoms with Crippen LogP contribution in [0.25, 0.3) is 0 Å². The van der Waals surface area contributed by atoms with E-state index in [1.807, 2.05) is 43.3 Å². The highest BCUT2D eigenvalue weighted by Gasteiger charge is 2.26. The van der Waals surface area contributed by atoms with Gasteiger partial charge in [0.1, 0.15) is 11.5 Å². The molecule has 144 valence electrons. The zero-order valence-corrected chi connectivity index (χ0v) is 16.1. The largest absolute Gasteiger partial charge is 0.497 e. The average molecular weight is 369 g/mol. The Balaban J connectivity index is 1.55. The molecule has 1 amide bonds. The van der Waals surface area contributed by atoms with Crippen molar-refractivity contribution < 1.29 is 14.3 Å². The SMILES string of the molecule is COc1ccc(N2CCN(C(C)C(=O)Nc3ccccc3OC)CC2)cc1. The molecule has 2 aromatic rings. The molecule has 6 heteroatoms. The second-order valence-electron chi connectivity index (χ2n) is 6.59. The van der Waals surface area contributed by atoms with Crippen LogP contribution in [-0.4, -0.2) is 57.2 Å². The minimum Gasteiger partial charge on any atom is -0.497 e. The maximum Gasteiger partial charge on any atom is 0.241 e. The van der Waals surface area contributed by atoms with Crippen LogP contribution in [-0.2, 0) is 4.79 Å². The molecule has 0 saturated carbocycles. The average Bonchev–Trinajstić information content (AvgIpc) is 2.73. The summed E-state index contributed by atoms with van der Waals surface area (Å²) in [7, 11) is 3.28. The summed E-state index contributed by atoms with van der Waals surface area (Å²) in [5.41, 5.74) is 1.88. The summed E-state index contributed by atoms with van der Waals surface area (Å²) in [6.07, 6.45) is 0. The third kappa shape index (κ3) is 4.52. The quantitative estimate of drug-likeness (QED) is 0.849. The van der Waals surface area contributed by atoms with Crippen LogP contribution in [0.2, 0.25) is 0 Å². The van der Waals surface area contributed by atoms with E-state index in [4.69, 9.17) is 9.47 Å². The number of benzene rings is 2. The molecule has 2 aromatic carbocycles. The number of nitrogens with one attached hydrogen (secondary N) is 1.